The van der Waals surface area contributed by atoms with E-state index in [9.17, 15) is 25.6 Å². The summed E-state index contributed by atoms with van der Waals surface area (Å²) in [6, 6.07) is 15.9. The summed E-state index contributed by atoms with van der Waals surface area (Å²) in [5.41, 5.74) is 0.574. The van der Waals surface area contributed by atoms with Crippen LogP contribution in [0, 0.1) is 11.6 Å². The van der Waals surface area contributed by atoms with Crippen LogP contribution < -0.4 is 9.03 Å². The molecular formula is C20H18F2N2O4S2. The van der Waals surface area contributed by atoms with E-state index in [1.54, 1.807) is 37.3 Å². The van der Waals surface area contributed by atoms with Gasteiger partial charge < -0.3 is 0 Å². The van der Waals surface area contributed by atoms with E-state index >= 15 is 0 Å². The smallest absolute Gasteiger partial charge is 0.264 e. The van der Waals surface area contributed by atoms with Crippen molar-refractivity contribution in [1.29, 1.82) is 0 Å². The van der Waals surface area contributed by atoms with E-state index < -0.39 is 36.6 Å². The number of halogens is 2. The molecule has 10 heteroatoms. The van der Waals surface area contributed by atoms with Crippen molar-refractivity contribution in [2.75, 3.05) is 15.6 Å². The zero-order chi connectivity index (χ0) is 21.9. The third-order valence-corrected chi connectivity index (χ3v) is 7.52. The van der Waals surface area contributed by atoms with Crippen molar-refractivity contribution in [2.24, 2.45) is 0 Å². The molecule has 0 saturated heterocycles. The quantitative estimate of drug-likeness (QED) is 0.588. The molecule has 6 nitrogen and oxygen atoms in total. The van der Waals surface area contributed by atoms with Gasteiger partial charge >= 0.3 is 0 Å². The van der Waals surface area contributed by atoms with Crippen molar-refractivity contribution >= 4 is 31.4 Å². The molecular weight excluding hydrogens is 434 g/mol. The van der Waals surface area contributed by atoms with Crippen molar-refractivity contribution in [2.45, 2.75) is 16.7 Å². The number of benzene rings is 3. The Bertz CT molecular complexity index is 1250. The van der Waals surface area contributed by atoms with E-state index in [0.29, 0.717) is 17.8 Å². The fourth-order valence-corrected chi connectivity index (χ4v) is 5.31. The predicted octanol–water partition coefficient (Wildman–Crippen LogP) is 3.98. The fraction of sp³-hybridized carbons (Fsp3) is 0.100. The summed E-state index contributed by atoms with van der Waals surface area (Å²) in [7, 11) is -8.04. The van der Waals surface area contributed by atoms with Gasteiger partial charge in [-0.05, 0) is 61.5 Å². The normalized spacial score (nSPS) is 11.8. The number of sulfonamides is 2. The Morgan fingerprint density at radius 2 is 1.40 bits per heavy atom. The van der Waals surface area contributed by atoms with E-state index in [2.05, 4.69) is 4.72 Å². The minimum absolute atomic E-state index is 0.0241. The van der Waals surface area contributed by atoms with Crippen LogP contribution in [0.15, 0.2) is 82.6 Å². The summed E-state index contributed by atoms with van der Waals surface area (Å²) < 4.78 is 80.5. The molecule has 0 unspecified atom stereocenters. The van der Waals surface area contributed by atoms with Crippen molar-refractivity contribution in [3.63, 3.8) is 0 Å². The highest BCUT2D eigenvalue weighted by atomic mass is 32.2. The first-order valence-electron chi connectivity index (χ1n) is 8.81. The number of rotatable bonds is 7. The Morgan fingerprint density at radius 1 is 0.800 bits per heavy atom. The summed E-state index contributed by atoms with van der Waals surface area (Å²) in [5, 5.41) is 0. The Morgan fingerprint density at radius 3 is 1.97 bits per heavy atom. The fourth-order valence-electron chi connectivity index (χ4n) is 2.77. The Kier molecular flexibility index (Phi) is 6.09. The van der Waals surface area contributed by atoms with Crippen LogP contribution in [0.1, 0.15) is 6.92 Å². The maximum atomic E-state index is 13.3. The monoisotopic (exact) mass is 452 g/mol. The van der Waals surface area contributed by atoms with Crippen molar-refractivity contribution < 1.29 is 25.6 Å². The highest BCUT2D eigenvalue weighted by molar-refractivity contribution is 7.93. The van der Waals surface area contributed by atoms with E-state index in [0.717, 1.165) is 6.07 Å². The van der Waals surface area contributed by atoms with Crippen LogP contribution in [0.4, 0.5) is 20.2 Å². The van der Waals surface area contributed by atoms with Crippen molar-refractivity contribution in [3.8, 4) is 0 Å². The largest absolute Gasteiger partial charge is 0.280 e. The first-order chi connectivity index (χ1) is 14.1. The number of nitrogens with zero attached hydrogens (tertiary/aromatic N) is 1. The number of hydrogen-bond donors (Lipinski definition) is 1. The molecule has 0 spiro atoms. The second-order valence-electron chi connectivity index (χ2n) is 6.21. The van der Waals surface area contributed by atoms with Gasteiger partial charge in [0.05, 0.1) is 15.5 Å². The number of hydrogen-bond acceptors (Lipinski definition) is 4. The van der Waals surface area contributed by atoms with Gasteiger partial charge in [0.25, 0.3) is 20.0 Å². The van der Waals surface area contributed by atoms with Gasteiger partial charge in [-0.3, -0.25) is 9.03 Å². The predicted molar refractivity (Wildman–Crippen MR) is 110 cm³/mol. The Labute approximate surface area is 173 Å². The lowest BCUT2D eigenvalue weighted by molar-refractivity contribution is 0.504. The van der Waals surface area contributed by atoms with Gasteiger partial charge in [-0.15, -0.1) is 0 Å². The first-order valence-corrected chi connectivity index (χ1v) is 11.7. The maximum Gasteiger partial charge on any atom is 0.264 e. The molecule has 0 aromatic heterocycles. The first kappa shape index (κ1) is 21.7. The molecule has 0 aliphatic rings. The number of nitrogens with one attached hydrogen (secondary N) is 1. The van der Waals surface area contributed by atoms with Gasteiger partial charge in [0.1, 0.15) is 0 Å². The maximum absolute atomic E-state index is 13.3. The van der Waals surface area contributed by atoms with Crippen LogP contribution in [0.2, 0.25) is 0 Å². The zero-order valence-electron chi connectivity index (χ0n) is 15.8. The Balaban J connectivity index is 1.86. The lowest BCUT2D eigenvalue weighted by Crippen LogP contribution is -2.30. The summed E-state index contributed by atoms with van der Waals surface area (Å²) in [5.74, 6) is -2.46. The number of anilines is 2. The summed E-state index contributed by atoms with van der Waals surface area (Å²) >= 11 is 0. The van der Waals surface area contributed by atoms with Gasteiger partial charge in [-0.2, -0.15) is 0 Å². The molecule has 0 atom stereocenters. The van der Waals surface area contributed by atoms with Gasteiger partial charge in [0, 0.05) is 12.2 Å². The third kappa shape index (κ3) is 4.44. The molecule has 0 radical (unpaired) electrons. The highest BCUT2D eigenvalue weighted by Crippen LogP contribution is 2.25. The molecule has 0 heterocycles. The van der Waals surface area contributed by atoms with Crippen LogP contribution in [-0.4, -0.2) is 23.4 Å². The van der Waals surface area contributed by atoms with Crippen LogP contribution >= 0.6 is 0 Å². The Hall–Kier alpha value is -2.98. The lowest BCUT2D eigenvalue weighted by Gasteiger charge is -2.23. The van der Waals surface area contributed by atoms with Gasteiger partial charge in [-0.25, -0.2) is 25.6 Å². The topological polar surface area (TPSA) is 83.6 Å². The molecule has 30 heavy (non-hydrogen) atoms. The minimum atomic E-state index is -4.18. The van der Waals surface area contributed by atoms with Crippen LogP contribution in [0.5, 0.6) is 0 Å². The summed E-state index contributed by atoms with van der Waals surface area (Å²) in [6.07, 6.45) is 0. The average molecular weight is 453 g/mol. The van der Waals surface area contributed by atoms with Crippen LogP contribution in [0.3, 0.4) is 0 Å². The lowest BCUT2D eigenvalue weighted by atomic mass is 10.3. The molecule has 3 rings (SSSR count). The molecule has 3 aromatic rings. The van der Waals surface area contributed by atoms with E-state index in [-0.39, 0.29) is 17.1 Å². The van der Waals surface area contributed by atoms with Crippen molar-refractivity contribution in [3.05, 3.63) is 84.4 Å². The second kappa shape index (κ2) is 8.41. The summed E-state index contributed by atoms with van der Waals surface area (Å²) in [4.78, 5) is -0.483. The molecule has 0 aliphatic heterocycles. The van der Waals surface area contributed by atoms with E-state index in [4.69, 9.17) is 0 Å². The van der Waals surface area contributed by atoms with E-state index in [1.807, 2.05) is 0 Å². The molecule has 3 aromatic carbocycles. The van der Waals surface area contributed by atoms with E-state index in [1.165, 1.54) is 28.6 Å². The molecule has 0 saturated carbocycles. The minimum Gasteiger partial charge on any atom is -0.280 e. The number of para-hydroxylation sites is 1. The SMILES string of the molecule is CCN(c1ccccc1)S(=O)(=O)c1ccc(NS(=O)(=O)c2ccc(F)c(F)c2)cc1. The standard InChI is InChI=1S/C20H18F2N2O4S2/c1-2-24(16-6-4-3-5-7-16)30(27,28)17-10-8-15(9-11-17)23-29(25,26)18-12-13-19(21)20(22)14-18/h3-14,23H,2H2,1H3. The van der Waals surface area contributed by atoms with Crippen molar-refractivity contribution in [1.82, 2.24) is 0 Å². The molecule has 0 fully saturated rings. The second-order valence-corrected chi connectivity index (χ2v) is 9.76. The third-order valence-electron chi connectivity index (χ3n) is 4.23. The zero-order valence-corrected chi connectivity index (χ0v) is 17.4. The highest BCUT2D eigenvalue weighted by Gasteiger charge is 2.24. The molecule has 158 valence electrons. The molecule has 1 N–H and O–H groups in total. The van der Waals surface area contributed by atoms with Crippen LogP contribution in [0.25, 0.3) is 0 Å². The molecule has 0 bridgehead atoms. The van der Waals surface area contributed by atoms with Gasteiger partial charge in [0.2, 0.25) is 0 Å². The van der Waals surface area contributed by atoms with Gasteiger partial charge in [0.15, 0.2) is 11.6 Å². The summed E-state index contributed by atoms with van der Waals surface area (Å²) in [6.45, 7) is 1.91. The van der Waals surface area contributed by atoms with Crippen LogP contribution in [-0.2, 0) is 20.0 Å². The average Bonchev–Trinajstić information content (AvgIpc) is 2.71. The molecule has 0 amide bonds. The molecule has 0 aliphatic carbocycles. The van der Waals surface area contributed by atoms with Gasteiger partial charge in [-0.1, -0.05) is 18.2 Å².